The van der Waals surface area contributed by atoms with Crippen LogP contribution in [0.5, 0.6) is 0 Å². The van der Waals surface area contributed by atoms with Gasteiger partial charge in [-0.15, -0.1) is 0 Å². The van der Waals surface area contributed by atoms with Crippen LogP contribution in [0, 0.1) is 0 Å². The fourth-order valence-corrected chi connectivity index (χ4v) is 3.86. The van der Waals surface area contributed by atoms with Crippen molar-refractivity contribution < 1.29 is 14.2 Å². The van der Waals surface area contributed by atoms with Crippen molar-refractivity contribution in [3.8, 4) is 0 Å². The molecule has 1 aliphatic rings. The Balaban J connectivity index is 1.26. The highest BCUT2D eigenvalue weighted by atomic mass is 35.5. The Bertz CT molecular complexity index is 915. The molecule has 3 aromatic rings. The van der Waals surface area contributed by atoms with E-state index in [0.717, 1.165) is 48.5 Å². The quantitative estimate of drug-likeness (QED) is 0.710. The van der Waals surface area contributed by atoms with E-state index in [2.05, 4.69) is 22.6 Å². The largest absolute Gasteiger partial charge is 0.356 e. The highest BCUT2D eigenvalue weighted by Crippen LogP contribution is 2.18. The first-order valence-electron chi connectivity index (χ1n) is 9.38. The number of hydrogen-bond acceptors (Lipinski definition) is 3. The lowest BCUT2D eigenvalue weighted by atomic mass is 10.0. The predicted octanol–water partition coefficient (Wildman–Crippen LogP) is 2.39. The third-order valence-corrected chi connectivity index (χ3v) is 5.46. The number of aromatic nitrogens is 1. The van der Waals surface area contributed by atoms with Crippen LogP contribution in [0.25, 0.3) is 11.0 Å². The first-order chi connectivity index (χ1) is 13.2. The van der Waals surface area contributed by atoms with Crippen LogP contribution in [-0.2, 0) is 17.8 Å². The van der Waals surface area contributed by atoms with E-state index in [4.69, 9.17) is 16.1 Å². The van der Waals surface area contributed by atoms with Crippen molar-refractivity contribution in [3.63, 3.8) is 0 Å². The van der Waals surface area contributed by atoms with Gasteiger partial charge in [-0.3, -0.25) is 4.79 Å². The lowest BCUT2D eigenvalue weighted by Crippen LogP contribution is -3.12. The Kier molecular flexibility index (Phi) is 5.41. The average Bonchev–Trinajstić information content (AvgIpc) is 3.08. The summed E-state index contributed by atoms with van der Waals surface area (Å²) in [5.74, 6) is 0.0141. The summed E-state index contributed by atoms with van der Waals surface area (Å²) in [5, 5.41) is 8.89. The van der Waals surface area contributed by atoms with Gasteiger partial charge in [-0.1, -0.05) is 41.0 Å². The van der Waals surface area contributed by atoms with Gasteiger partial charge in [0.2, 0.25) is 5.91 Å². The van der Waals surface area contributed by atoms with E-state index >= 15 is 0 Å². The maximum atomic E-state index is 12.4. The van der Waals surface area contributed by atoms with Crippen molar-refractivity contribution in [2.24, 2.45) is 0 Å². The second kappa shape index (κ2) is 8.11. The first-order valence-corrected chi connectivity index (χ1v) is 9.76. The van der Waals surface area contributed by atoms with Gasteiger partial charge in [0, 0.05) is 34.9 Å². The Morgan fingerprint density at radius 1 is 1.15 bits per heavy atom. The third-order valence-electron chi connectivity index (χ3n) is 5.21. The van der Waals surface area contributed by atoms with Gasteiger partial charge in [0.05, 0.1) is 19.5 Å². The molecule has 1 amide bonds. The smallest absolute Gasteiger partial charge is 0.226 e. The third kappa shape index (κ3) is 4.49. The zero-order valence-electron chi connectivity index (χ0n) is 15.1. The van der Waals surface area contributed by atoms with Crippen molar-refractivity contribution in [3.05, 3.63) is 64.8 Å². The normalized spacial score (nSPS) is 19.9. The van der Waals surface area contributed by atoms with Gasteiger partial charge in [-0.25, -0.2) is 0 Å². The van der Waals surface area contributed by atoms with Gasteiger partial charge in [0.25, 0.3) is 0 Å². The zero-order chi connectivity index (χ0) is 18.6. The SMILES string of the molecule is O=C(Cc1noc2ccccc12)NC1CC[NH+](Cc2ccc(Cl)cc2)CC1. The summed E-state index contributed by atoms with van der Waals surface area (Å²) in [6.07, 6.45) is 2.25. The van der Waals surface area contributed by atoms with Crippen molar-refractivity contribution in [2.45, 2.75) is 31.8 Å². The molecule has 0 saturated carbocycles. The molecule has 4 rings (SSSR count). The van der Waals surface area contributed by atoms with Crippen LogP contribution < -0.4 is 10.2 Å². The molecule has 6 heteroatoms. The van der Waals surface area contributed by atoms with Gasteiger partial charge in [0.15, 0.2) is 5.58 Å². The highest BCUT2D eigenvalue weighted by Gasteiger charge is 2.24. The topological polar surface area (TPSA) is 59.6 Å². The Morgan fingerprint density at radius 2 is 1.89 bits per heavy atom. The molecule has 1 fully saturated rings. The van der Waals surface area contributed by atoms with Crippen LogP contribution in [0.2, 0.25) is 5.02 Å². The van der Waals surface area contributed by atoms with Crippen LogP contribution in [0.4, 0.5) is 0 Å². The summed E-state index contributed by atoms with van der Waals surface area (Å²) in [4.78, 5) is 14.0. The Hall–Kier alpha value is -2.37. The number of rotatable bonds is 5. The van der Waals surface area contributed by atoms with Crippen molar-refractivity contribution in [1.82, 2.24) is 10.5 Å². The van der Waals surface area contributed by atoms with Gasteiger partial charge in [-0.2, -0.15) is 0 Å². The number of amides is 1. The van der Waals surface area contributed by atoms with Crippen molar-refractivity contribution >= 4 is 28.5 Å². The van der Waals surface area contributed by atoms with Crippen LogP contribution in [0.3, 0.4) is 0 Å². The predicted molar refractivity (Wildman–Crippen MR) is 105 cm³/mol. The van der Waals surface area contributed by atoms with Gasteiger partial charge >= 0.3 is 0 Å². The zero-order valence-corrected chi connectivity index (χ0v) is 15.8. The Labute approximate surface area is 163 Å². The number of nitrogens with one attached hydrogen (secondary N) is 2. The van der Waals surface area contributed by atoms with E-state index in [1.807, 2.05) is 36.4 Å². The van der Waals surface area contributed by atoms with Gasteiger partial charge < -0.3 is 14.7 Å². The maximum Gasteiger partial charge on any atom is 0.226 e. The van der Waals surface area contributed by atoms with Crippen molar-refractivity contribution in [2.75, 3.05) is 13.1 Å². The summed E-state index contributed by atoms with van der Waals surface area (Å²) < 4.78 is 5.28. The Morgan fingerprint density at radius 3 is 2.67 bits per heavy atom. The van der Waals surface area contributed by atoms with Crippen LogP contribution >= 0.6 is 11.6 Å². The van der Waals surface area contributed by atoms with Gasteiger partial charge in [-0.05, 0) is 24.3 Å². The fraction of sp³-hybridized carbons (Fsp3) is 0.333. The van der Waals surface area contributed by atoms with Crippen LogP contribution in [-0.4, -0.2) is 30.2 Å². The molecule has 27 heavy (non-hydrogen) atoms. The number of halogens is 1. The number of benzene rings is 2. The van der Waals surface area contributed by atoms with Crippen LogP contribution in [0.15, 0.2) is 53.1 Å². The van der Waals surface area contributed by atoms with E-state index in [9.17, 15) is 4.79 Å². The molecule has 1 aromatic heterocycles. The molecule has 0 bridgehead atoms. The van der Waals surface area contributed by atoms with E-state index < -0.39 is 0 Å². The summed E-state index contributed by atoms with van der Waals surface area (Å²) in [7, 11) is 0. The van der Waals surface area contributed by atoms with Crippen LogP contribution in [0.1, 0.15) is 24.1 Å². The average molecular weight is 385 g/mol. The molecule has 5 nitrogen and oxygen atoms in total. The minimum absolute atomic E-state index is 0.0141. The summed E-state index contributed by atoms with van der Waals surface area (Å²) >= 11 is 5.95. The van der Waals surface area contributed by atoms with Gasteiger partial charge in [0.1, 0.15) is 12.2 Å². The number of nitrogens with zero attached hydrogens (tertiary/aromatic N) is 1. The standard InChI is InChI=1S/C21H22ClN3O2/c22-16-7-5-15(6-8-16)14-25-11-9-17(10-12-25)23-21(26)13-19-18-3-1-2-4-20(18)27-24-19/h1-8,17H,9-14H2,(H,23,26)/p+1. The summed E-state index contributed by atoms with van der Waals surface area (Å²) in [6.45, 7) is 3.11. The van der Waals surface area contributed by atoms with E-state index in [1.165, 1.54) is 5.56 Å². The molecule has 0 aliphatic carbocycles. The van der Waals surface area contributed by atoms with E-state index in [0.29, 0.717) is 5.69 Å². The molecule has 0 unspecified atom stereocenters. The molecule has 140 valence electrons. The number of piperidine rings is 1. The lowest BCUT2D eigenvalue weighted by molar-refractivity contribution is -0.918. The lowest BCUT2D eigenvalue weighted by Gasteiger charge is -2.29. The van der Waals surface area contributed by atoms with Crippen molar-refractivity contribution in [1.29, 1.82) is 0 Å². The summed E-state index contributed by atoms with van der Waals surface area (Å²) in [6, 6.07) is 15.9. The minimum atomic E-state index is 0.0141. The number of para-hydroxylation sites is 1. The molecular formula is C21H23ClN3O2+. The molecular weight excluding hydrogens is 362 g/mol. The summed E-state index contributed by atoms with van der Waals surface area (Å²) in [5.41, 5.74) is 2.73. The number of likely N-dealkylation sites (tertiary alicyclic amines) is 1. The molecule has 0 spiro atoms. The molecule has 1 aliphatic heterocycles. The molecule has 2 heterocycles. The second-order valence-corrected chi connectivity index (χ2v) is 7.63. The molecule has 0 radical (unpaired) electrons. The molecule has 2 N–H and O–H groups in total. The van der Waals surface area contributed by atoms with E-state index in [1.54, 1.807) is 4.90 Å². The number of carbonyl (C=O) groups is 1. The van der Waals surface area contributed by atoms with E-state index in [-0.39, 0.29) is 18.4 Å². The number of carbonyl (C=O) groups excluding carboxylic acids is 1. The highest BCUT2D eigenvalue weighted by molar-refractivity contribution is 6.30. The fourth-order valence-electron chi connectivity index (χ4n) is 3.73. The second-order valence-electron chi connectivity index (χ2n) is 7.20. The number of quaternary nitrogens is 1. The minimum Gasteiger partial charge on any atom is -0.356 e. The molecule has 2 aromatic carbocycles. The molecule has 1 saturated heterocycles. The maximum absolute atomic E-state index is 12.4. The monoisotopic (exact) mass is 384 g/mol. The first kappa shape index (κ1) is 18.0. The number of fused-ring (bicyclic) bond motifs is 1. The number of hydrogen-bond donors (Lipinski definition) is 2. The molecule has 0 atom stereocenters.